The highest BCUT2D eigenvalue weighted by molar-refractivity contribution is 9.11. The summed E-state index contributed by atoms with van der Waals surface area (Å²) in [4.78, 5) is 22.4. The van der Waals surface area contributed by atoms with Crippen LogP contribution in [0.2, 0.25) is 5.02 Å². The lowest BCUT2D eigenvalue weighted by Crippen LogP contribution is -3.00. The number of nitrogens with zero attached hydrogens (tertiary/aromatic N) is 4. The molecule has 17 nitrogen and oxygen atoms in total. The zero-order chi connectivity index (χ0) is 78.4. The largest absolute Gasteiger partial charge is 1.00 e. The first kappa shape index (κ1) is 88.6. The number of hydrogen-bond acceptors (Lipinski definition) is 13. The molecule has 1 atom stereocenters. The van der Waals surface area contributed by atoms with Crippen LogP contribution in [0.15, 0.2) is 305 Å². The number of aromatic nitrogens is 4. The van der Waals surface area contributed by atoms with E-state index in [9.17, 15) is 43.3 Å². The van der Waals surface area contributed by atoms with Crippen LogP contribution in [0.5, 0.6) is 0 Å². The number of halogens is 6. The minimum Gasteiger partial charge on any atom is -1.00 e. The number of carbonyl (C=O) groups excluding carboxylic acids is 2. The zero-order valence-corrected chi connectivity index (χ0v) is 72.3. The number of nitrogens with one attached hydrogen (secondary N) is 1. The molecule has 0 aliphatic carbocycles. The highest BCUT2D eigenvalue weighted by Crippen LogP contribution is 2.55. The van der Waals surface area contributed by atoms with Gasteiger partial charge in [-0.1, -0.05) is 156 Å². The molecule has 0 bridgehead atoms. The van der Waals surface area contributed by atoms with Crippen molar-refractivity contribution in [3.63, 3.8) is 0 Å². The summed E-state index contributed by atoms with van der Waals surface area (Å²) in [6.07, 6.45) is 12.4. The quantitative estimate of drug-likeness (QED) is 0.0338. The fraction of sp³-hybridized carbons (Fsp3) is 0.160. The molecule has 0 radical (unpaired) electrons. The molecule has 0 aliphatic rings. The van der Waals surface area contributed by atoms with Crippen molar-refractivity contribution in [1.29, 1.82) is 0 Å². The third-order valence-corrected chi connectivity index (χ3v) is 29.7. The van der Waals surface area contributed by atoms with Gasteiger partial charge < -0.3 is 32.0 Å². The van der Waals surface area contributed by atoms with Gasteiger partial charge in [0.1, 0.15) is 29.5 Å². The third kappa shape index (κ3) is 23.0. The average Bonchev–Trinajstić information content (AvgIpc) is 1.70. The predicted octanol–water partition coefficient (Wildman–Crippen LogP) is 14.9. The number of aryl methyl sites for hydroxylation is 4. The van der Waals surface area contributed by atoms with Crippen LogP contribution < -0.4 is 33.6 Å². The normalized spacial score (nSPS) is 11.8. The van der Waals surface area contributed by atoms with Crippen LogP contribution in [0.25, 0.3) is 6.08 Å². The van der Waals surface area contributed by atoms with E-state index in [-0.39, 0.29) is 50.1 Å². The van der Waals surface area contributed by atoms with Gasteiger partial charge in [0, 0.05) is 91.6 Å². The Morgan fingerprint density at radius 1 is 0.459 bits per heavy atom. The van der Waals surface area contributed by atoms with Crippen LogP contribution in [0.4, 0.5) is 0 Å². The lowest BCUT2D eigenvalue weighted by molar-refractivity contribution is -0.107. The topological polar surface area (TPSA) is 221 Å². The molecule has 12 rings (SSSR count). The molecular formula is C81H80Br4Cl2N5O12PS4. The highest BCUT2D eigenvalue weighted by atomic mass is 79.9. The molecule has 0 unspecified atom stereocenters. The van der Waals surface area contributed by atoms with Crippen LogP contribution in [-0.4, -0.2) is 89.2 Å². The molecule has 0 saturated heterocycles. The number of rotatable bonds is 24. The van der Waals surface area contributed by atoms with Crippen molar-refractivity contribution in [2.45, 2.75) is 79.5 Å². The Labute approximate surface area is 684 Å². The summed E-state index contributed by atoms with van der Waals surface area (Å²) in [5.41, 5.74) is 6.88. The van der Waals surface area contributed by atoms with Crippen LogP contribution in [0.3, 0.4) is 0 Å². The van der Waals surface area contributed by atoms with E-state index in [4.69, 9.17) is 21.1 Å². The van der Waals surface area contributed by atoms with Gasteiger partial charge in [-0.15, -0.1) is 0 Å². The Kier molecular flexibility index (Phi) is 33.4. The smallest absolute Gasteiger partial charge is 0.268 e. The number of carbonyl (C=O) groups is 2. The van der Waals surface area contributed by atoms with Crippen molar-refractivity contribution < 1.29 is 65.1 Å². The van der Waals surface area contributed by atoms with Crippen LogP contribution in [0.1, 0.15) is 74.8 Å². The minimum atomic E-state index is -3.72. The summed E-state index contributed by atoms with van der Waals surface area (Å²) in [5.74, 6) is 0. The van der Waals surface area contributed by atoms with Gasteiger partial charge in [0.2, 0.25) is 0 Å². The summed E-state index contributed by atoms with van der Waals surface area (Å²) in [7, 11) is -13.1. The molecule has 0 amide bonds. The molecule has 109 heavy (non-hydrogen) atoms. The number of ether oxygens (including phenoxy) is 2. The first-order valence-corrected chi connectivity index (χ1v) is 44.7. The molecule has 0 spiro atoms. The molecule has 0 saturated carbocycles. The van der Waals surface area contributed by atoms with Gasteiger partial charge in [-0.25, -0.2) is 49.6 Å². The standard InChI is InChI=1S/C22H24BrClN2O2S.C20H20OP.C14H14BrNO3S.C13H12BrNO3S.C12H10BrNO3S.ClH/c1-3-22(17-5-4-6-19(24)13-17)25-12-11-20-14-18(23)15-26(20)29(27,28)21-9-7-16(2)8-10-21;1-21-17-22(18-11-5-2-6-12-18,19-13-7-3-8-14-19)20-15-9-4-10-16-20;1-11-3-5-14(6-4-11)20(17,18)16-10-12(15)9-13(16)7-8-19-2;1-10-2-4-13(5-3-10)19(17,18)15-9-11(14)8-12(15)6-7-16;1-9-2-4-12(5-3-9)18(16,17)14-7-10(13)6-11(14)8-15;/h4-10,13-15,22,25H,3,11-12H2,1-2H3;2-16H,17H2,1H3;3-10H,1-2H3;2-5,7-9H,6H2,1H3;2-8H,1H3;1H/q;+1;;;;/p-1/t22-;;;;;/m1...../s1. The maximum absolute atomic E-state index is 13.1. The Bertz CT molecular complexity index is 5390. The number of hydrogen-bond donors (Lipinski definition) is 1. The lowest BCUT2D eigenvalue weighted by Gasteiger charge is -2.26. The van der Waals surface area contributed by atoms with Gasteiger partial charge in [0.05, 0.1) is 44.3 Å². The van der Waals surface area contributed by atoms with Crippen molar-refractivity contribution >= 4 is 157 Å². The second kappa shape index (κ2) is 41.1. The van der Waals surface area contributed by atoms with Gasteiger partial charge in [-0.05, 0) is 231 Å². The molecule has 4 heterocycles. The molecular weight excluding hydrogens is 1780 g/mol. The predicted molar refractivity (Wildman–Crippen MR) is 448 cm³/mol. The second-order valence-electron chi connectivity index (χ2n) is 24.4. The van der Waals surface area contributed by atoms with Gasteiger partial charge in [0.15, 0.2) is 12.6 Å². The minimum absolute atomic E-state index is 0. The molecule has 0 aliphatic heterocycles. The van der Waals surface area contributed by atoms with Gasteiger partial charge in [-0.2, -0.15) is 0 Å². The van der Waals surface area contributed by atoms with E-state index in [0.717, 1.165) is 52.3 Å². The zero-order valence-electron chi connectivity index (χ0n) is 60.3. The fourth-order valence-corrected chi connectivity index (χ4v) is 23.0. The first-order valence-electron chi connectivity index (χ1n) is 33.4. The molecule has 1 N–H and O–H groups in total. The molecule has 12 aromatic rings. The van der Waals surface area contributed by atoms with Gasteiger partial charge in [0.25, 0.3) is 40.1 Å². The summed E-state index contributed by atoms with van der Waals surface area (Å²) in [6.45, 7) is 10.4. The van der Waals surface area contributed by atoms with Crippen molar-refractivity contribution in [1.82, 2.24) is 21.2 Å². The third-order valence-electron chi connectivity index (χ3n) is 16.7. The maximum Gasteiger partial charge on any atom is 0.268 e. The van der Waals surface area contributed by atoms with E-state index < -0.39 is 47.4 Å². The van der Waals surface area contributed by atoms with Crippen LogP contribution in [-0.2, 0) is 67.2 Å². The Morgan fingerprint density at radius 2 is 0.817 bits per heavy atom. The first-order chi connectivity index (χ1) is 51.5. The van der Waals surface area contributed by atoms with Crippen molar-refractivity contribution in [3.05, 3.63) is 341 Å². The summed E-state index contributed by atoms with van der Waals surface area (Å²) >= 11 is 19.2. The van der Waals surface area contributed by atoms with E-state index in [1.165, 1.54) is 74.0 Å². The van der Waals surface area contributed by atoms with E-state index in [0.29, 0.717) is 61.7 Å². The number of methoxy groups -OCH3 is 2. The molecule has 572 valence electrons. The van der Waals surface area contributed by atoms with Gasteiger partial charge in [-0.3, -0.25) is 4.79 Å². The second-order valence-corrected chi connectivity index (χ2v) is 39.2. The Balaban J connectivity index is 0.000000191. The van der Waals surface area contributed by atoms with Crippen molar-refractivity contribution in [3.8, 4) is 0 Å². The van der Waals surface area contributed by atoms with E-state index >= 15 is 0 Å². The number of aldehydes is 2. The molecule has 8 aromatic carbocycles. The van der Waals surface area contributed by atoms with Crippen LogP contribution >= 0.6 is 82.6 Å². The molecule has 4 aromatic heterocycles. The number of benzene rings is 8. The Hall–Kier alpha value is -7.59. The van der Waals surface area contributed by atoms with Crippen molar-refractivity contribution in [2.24, 2.45) is 0 Å². The average molecular weight is 1870 g/mol. The van der Waals surface area contributed by atoms with Gasteiger partial charge >= 0.3 is 0 Å². The van der Waals surface area contributed by atoms with Crippen LogP contribution in [0, 0.1) is 27.7 Å². The summed E-state index contributed by atoms with van der Waals surface area (Å²) < 4.78 is 119. The van der Waals surface area contributed by atoms with E-state index in [2.05, 4.69) is 167 Å². The SMILES string of the molecule is CC[C@@H](NCCc1cc(Br)cn1S(=O)(=O)c1ccc(C)cc1)c1cccc(Cl)c1.COC=Cc1cc(Br)cn1S(=O)(=O)c1ccc(C)cc1.COC[P+](c1ccccc1)(c1ccccc1)c1ccccc1.Cc1ccc(S(=O)(=O)n2cc(Br)cc2C=O)cc1.Cc1ccc(S(=O)(=O)n2cc(Br)cc2CC=O)cc1.[Cl-]. The van der Waals surface area contributed by atoms with E-state index in [1.807, 2.05) is 70.2 Å². The summed E-state index contributed by atoms with van der Waals surface area (Å²) in [5, 5.41) is 8.29. The molecule has 0 fully saturated rings. The Morgan fingerprint density at radius 3 is 1.18 bits per heavy atom. The lowest BCUT2D eigenvalue weighted by atomic mass is 10.0. The van der Waals surface area contributed by atoms with E-state index in [1.54, 1.807) is 104 Å². The van der Waals surface area contributed by atoms with Crippen molar-refractivity contribution in [2.75, 3.05) is 27.1 Å². The monoisotopic (exact) mass is 1860 g/mol. The maximum atomic E-state index is 13.1. The highest BCUT2D eigenvalue weighted by Gasteiger charge is 2.45. The summed E-state index contributed by atoms with van der Waals surface area (Å²) in [6, 6.07) is 73.6. The molecule has 28 heteroatoms. The fourth-order valence-electron chi connectivity index (χ4n) is 11.2.